The van der Waals surface area contributed by atoms with Crippen molar-refractivity contribution in [3.05, 3.63) is 95.0 Å². The Labute approximate surface area is 240 Å². The SMILES string of the molecule is COc1ccc(Cc2cccc(S(=O)(=O)Nc3nccs3)c2NC(CN2CCCC2)c2ccccc2)c(OC)c1. The highest BCUT2D eigenvalue weighted by molar-refractivity contribution is 7.93. The second-order valence-electron chi connectivity index (χ2n) is 9.70. The van der Waals surface area contributed by atoms with Crippen LogP contribution in [0.4, 0.5) is 10.8 Å². The maximum absolute atomic E-state index is 13.8. The highest BCUT2D eigenvalue weighted by Crippen LogP contribution is 2.35. The van der Waals surface area contributed by atoms with Crippen LogP contribution in [-0.2, 0) is 16.4 Å². The largest absolute Gasteiger partial charge is 0.497 e. The molecule has 1 aliphatic rings. The molecule has 0 saturated carbocycles. The van der Waals surface area contributed by atoms with E-state index in [1.54, 1.807) is 37.9 Å². The van der Waals surface area contributed by atoms with Crippen molar-refractivity contribution in [2.75, 3.05) is 43.9 Å². The second-order valence-corrected chi connectivity index (χ2v) is 12.2. The Kier molecular flexibility index (Phi) is 8.88. The highest BCUT2D eigenvalue weighted by atomic mass is 32.2. The van der Waals surface area contributed by atoms with Crippen LogP contribution in [0.15, 0.2) is 83.2 Å². The molecule has 0 bridgehead atoms. The molecule has 8 nitrogen and oxygen atoms in total. The first-order chi connectivity index (χ1) is 19.5. The topological polar surface area (TPSA) is 92.8 Å². The summed E-state index contributed by atoms with van der Waals surface area (Å²) in [5.74, 6) is 1.37. The lowest BCUT2D eigenvalue weighted by Gasteiger charge is -2.28. The number of benzene rings is 3. The van der Waals surface area contributed by atoms with E-state index in [2.05, 4.69) is 32.1 Å². The number of anilines is 2. The minimum atomic E-state index is -3.94. The van der Waals surface area contributed by atoms with Crippen LogP contribution in [-0.4, -0.2) is 52.2 Å². The zero-order valence-electron chi connectivity index (χ0n) is 22.7. The first kappa shape index (κ1) is 27.9. The van der Waals surface area contributed by atoms with Gasteiger partial charge in [0.25, 0.3) is 10.0 Å². The predicted molar refractivity (Wildman–Crippen MR) is 160 cm³/mol. The zero-order chi connectivity index (χ0) is 28.0. The fourth-order valence-electron chi connectivity index (χ4n) is 5.08. The van der Waals surface area contributed by atoms with E-state index in [1.165, 1.54) is 24.2 Å². The Morgan fingerprint density at radius 1 is 0.975 bits per heavy atom. The van der Waals surface area contributed by atoms with E-state index in [1.807, 2.05) is 42.5 Å². The maximum Gasteiger partial charge on any atom is 0.265 e. The average molecular weight is 579 g/mol. The first-order valence-electron chi connectivity index (χ1n) is 13.3. The van der Waals surface area contributed by atoms with Gasteiger partial charge in [-0.15, -0.1) is 11.3 Å². The number of likely N-dealkylation sites (tertiary alicyclic amines) is 1. The summed E-state index contributed by atoms with van der Waals surface area (Å²) in [7, 11) is -0.701. The molecule has 2 heterocycles. The normalized spacial score (nSPS) is 14.6. The quantitative estimate of drug-likeness (QED) is 0.219. The summed E-state index contributed by atoms with van der Waals surface area (Å²) in [6.45, 7) is 2.84. The fourth-order valence-corrected chi connectivity index (χ4v) is 7.08. The molecule has 1 saturated heterocycles. The summed E-state index contributed by atoms with van der Waals surface area (Å²) in [6.07, 6.45) is 4.39. The molecule has 1 unspecified atom stereocenters. The van der Waals surface area contributed by atoms with E-state index in [4.69, 9.17) is 9.47 Å². The highest BCUT2D eigenvalue weighted by Gasteiger charge is 2.26. The van der Waals surface area contributed by atoms with Crippen molar-refractivity contribution in [2.24, 2.45) is 0 Å². The van der Waals surface area contributed by atoms with Gasteiger partial charge in [-0.1, -0.05) is 48.5 Å². The number of methoxy groups -OCH3 is 2. The van der Waals surface area contributed by atoms with Crippen LogP contribution in [0.5, 0.6) is 11.5 Å². The van der Waals surface area contributed by atoms with Crippen molar-refractivity contribution in [3.8, 4) is 11.5 Å². The van der Waals surface area contributed by atoms with Crippen molar-refractivity contribution < 1.29 is 17.9 Å². The molecule has 1 aliphatic heterocycles. The molecule has 0 amide bonds. The summed E-state index contributed by atoms with van der Waals surface area (Å²) in [6, 6.07) is 21.2. The van der Waals surface area contributed by atoms with Crippen molar-refractivity contribution in [1.82, 2.24) is 9.88 Å². The van der Waals surface area contributed by atoms with Crippen LogP contribution >= 0.6 is 11.3 Å². The number of thiazole rings is 1. The number of para-hydroxylation sites is 1. The summed E-state index contributed by atoms with van der Waals surface area (Å²) in [5, 5.41) is 5.75. The number of nitrogens with zero attached hydrogens (tertiary/aromatic N) is 2. The van der Waals surface area contributed by atoms with Crippen LogP contribution < -0.4 is 19.5 Å². The minimum absolute atomic E-state index is 0.118. The van der Waals surface area contributed by atoms with Crippen LogP contribution in [0.1, 0.15) is 35.6 Å². The number of hydrogen-bond acceptors (Lipinski definition) is 8. The van der Waals surface area contributed by atoms with Crippen LogP contribution in [0, 0.1) is 0 Å². The molecular weight excluding hydrogens is 544 g/mol. The van der Waals surface area contributed by atoms with Crippen molar-refractivity contribution in [3.63, 3.8) is 0 Å². The molecule has 0 spiro atoms. The Hall–Kier alpha value is -3.60. The summed E-state index contributed by atoms with van der Waals surface area (Å²) in [4.78, 5) is 6.74. The lowest BCUT2D eigenvalue weighted by Crippen LogP contribution is -2.30. The van der Waals surface area contributed by atoms with Crippen LogP contribution in [0.25, 0.3) is 0 Å². The standard InChI is InChI=1S/C30H34N4O4S2/c1-37-25-14-13-23(27(20-25)38-2)19-24-11-8-12-28(40(35,36)33-30-31-15-18-39-30)29(24)32-26(21-34-16-6-7-17-34)22-9-4-3-5-10-22/h3-5,8-15,18,20,26,32H,6-7,16-17,19,21H2,1-2H3,(H,31,33). The van der Waals surface area contributed by atoms with Gasteiger partial charge in [-0.25, -0.2) is 13.4 Å². The monoisotopic (exact) mass is 578 g/mol. The number of hydrogen-bond donors (Lipinski definition) is 2. The van der Waals surface area contributed by atoms with Gasteiger partial charge >= 0.3 is 0 Å². The van der Waals surface area contributed by atoms with E-state index in [9.17, 15) is 8.42 Å². The van der Waals surface area contributed by atoms with Gasteiger partial charge in [-0.05, 0) is 54.8 Å². The van der Waals surface area contributed by atoms with E-state index in [-0.39, 0.29) is 10.9 Å². The molecule has 40 heavy (non-hydrogen) atoms. The minimum Gasteiger partial charge on any atom is -0.497 e. The van der Waals surface area contributed by atoms with E-state index < -0.39 is 10.0 Å². The third-order valence-corrected chi connectivity index (χ3v) is 9.29. The molecule has 2 N–H and O–H groups in total. The smallest absolute Gasteiger partial charge is 0.265 e. The van der Waals surface area contributed by atoms with Gasteiger partial charge in [0, 0.05) is 30.6 Å². The summed E-state index contributed by atoms with van der Waals surface area (Å²) < 4.78 is 41.2. The van der Waals surface area contributed by atoms with Gasteiger partial charge in [0.15, 0.2) is 5.13 Å². The lowest BCUT2D eigenvalue weighted by atomic mass is 10.00. The van der Waals surface area contributed by atoms with Crippen molar-refractivity contribution in [1.29, 1.82) is 0 Å². The fraction of sp³-hybridized carbons (Fsp3) is 0.300. The van der Waals surface area contributed by atoms with Gasteiger partial charge in [-0.3, -0.25) is 4.72 Å². The molecule has 0 radical (unpaired) electrons. The number of ether oxygens (including phenoxy) is 2. The number of nitrogens with one attached hydrogen (secondary N) is 2. The number of sulfonamides is 1. The molecule has 10 heteroatoms. The Morgan fingerprint density at radius 2 is 1.77 bits per heavy atom. The first-order valence-corrected chi connectivity index (χ1v) is 15.6. The molecule has 5 rings (SSSR count). The molecule has 3 aromatic carbocycles. The van der Waals surface area contributed by atoms with Gasteiger partial charge < -0.3 is 19.7 Å². The van der Waals surface area contributed by atoms with Crippen molar-refractivity contribution >= 4 is 32.2 Å². The molecular formula is C30H34N4O4S2. The van der Waals surface area contributed by atoms with Crippen LogP contribution in [0.3, 0.4) is 0 Å². The Balaban J connectivity index is 1.58. The Morgan fingerprint density at radius 3 is 2.48 bits per heavy atom. The molecule has 1 aromatic heterocycles. The van der Waals surface area contributed by atoms with Gasteiger partial charge in [0.1, 0.15) is 16.4 Å². The van der Waals surface area contributed by atoms with E-state index in [0.717, 1.165) is 36.3 Å². The summed E-state index contributed by atoms with van der Waals surface area (Å²) >= 11 is 1.24. The maximum atomic E-state index is 13.8. The predicted octanol–water partition coefficient (Wildman–Crippen LogP) is 5.80. The molecule has 1 fully saturated rings. The van der Waals surface area contributed by atoms with Crippen molar-refractivity contribution in [2.45, 2.75) is 30.2 Å². The zero-order valence-corrected chi connectivity index (χ0v) is 24.3. The molecule has 4 aromatic rings. The number of aromatic nitrogens is 1. The Bertz CT molecular complexity index is 1510. The average Bonchev–Trinajstić information content (AvgIpc) is 3.68. The van der Waals surface area contributed by atoms with Crippen LogP contribution in [0.2, 0.25) is 0 Å². The van der Waals surface area contributed by atoms with E-state index >= 15 is 0 Å². The molecule has 210 valence electrons. The number of rotatable bonds is 12. The summed E-state index contributed by atoms with van der Waals surface area (Å²) in [5.41, 5.74) is 3.43. The van der Waals surface area contributed by atoms with Gasteiger partial charge in [0.2, 0.25) is 0 Å². The third-order valence-electron chi connectivity index (χ3n) is 7.09. The van der Waals surface area contributed by atoms with Gasteiger partial charge in [0.05, 0.1) is 25.9 Å². The second kappa shape index (κ2) is 12.7. The van der Waals surface area contributed by atoms with E-state index in [0.29, 0.717) is 28.7 Å². The molecule has 1 atom stereocenters. The van der Waals surface area contributed by atoms with Gasteiger partial charge in [-0.2, -0.15) is 0 Å². The lowest BCUT2D eigenvalue weighted by molar-refractivity contribution is 0.323. The molecule has 0 aliphatic carbocycles. The third kappa shape index (κ3) is 6.57.